The molecule has 0 atom stereocenters. The van der Waals surface area contributed by atoms with Gasteiger partial charge >= 0.3 is 0 Å². The van der Waals surface area contributed by atoms with Gasteiger partial charge in [-0.05, 0) is 44.0 Å². The van der Waals surface area contributed by atoms with Crippen molar-refractivity contribution < 1.29 is 4.79 Å². The highest BCUT2D eigenvalue weighted by Crippen LogP contribution is 2.20. The molecule has 0 bridgehead atoms. The maximum Gasteiger partial charge on any atom is 0.277 e. The summed E-state index contributed by atoms with van der Waals surface area (Å²) in [4.78, 5) is 12.6. The van der Waals surface area contributed by atoms with Crippen LogP contribution < -0.4 is 10.6 Å². The number of hydrogen-bond acceptors (Lipinski definition) is 4. The van der Waals surface area contributed by atoms with E-state index in [2.05, 4.69) is 58.0 Å². The zero-order valence-corrected chi connectivity index (χ0v) is 16.4. The molecule has 3 aromatic rings. The van der Waals surface area contributed by atoms with E-state index in [1.54, 1.807) is 0 Å². The highest BCUT2D eigenvalue weighted by atomic mass is 35.5. The summed E-state index contributed by atoms with van der Waals surface area (Å²) in [5.41, 5.74) is 6.71. The van der Waals surface area contributed by atoms with Crippen LogP contribution in [-0.4, -0.2) is 32.4 Å². The van der Waals surface area contributed by atoms with Gasteiger partial charge in [-0.3, -0.25) is 9.89 Å². The maximum atomic E-state index is 12.6. The van der Waals surface area contributed by atoms with Crippen molar-refractivity contribution in [3.8, 4) is 5.69 Å². The van der Waals surface area contributed by atoms with Crippen LogP contribution in [0.15, 0.2) is 24.3 Å². The highest BCUT2D eigenvalue weighted by molar-refractivity contribution is 6.03. The first-order chi connectivity index (χ1) is 12.5. The van der Waals surface area contributed by atoms with Crippen LogP contribution in [0.4, 0.5) is 5.82 Å². The average Bonchev–Trinajstić information content (AvgIpc) is 3.17. The maximum absolute atomic E-state index is 12.6. The summed E-state index contributed by atoms with van der Waals surface area (Å²) in [5.74, 6) is 0.281. The lowest BCUT2D eigenvalue weighted by Gasteiger charge is -2.12. The number of carbonyl (C=O) groups is 1. The van der Waals surface area contributed by atoms with Crippen molar-refractivity contribution >= 4 is 24.1 Å². The molecule has 8 heteroatoms. The van der Waals surface area contributed by atoms with Crippen LogP contribution in [0.3, 0.4) is 0 Å². The molecule has 1 aliphatic rings. The highest BCUT2D eigenvalue weighted by Gasteiger charge is 2.22. The van der Waals surface area contributed by atoms with Crippen LogP contribution in [-0.2, 0) is 13.0 Å². The number of aromatic nitrogens is 4. The predicted octanol–water partition coefficient (Wildman–Crippen LogP) is 2.84. The Morgan fingerprint density at radius 1 is 1.15 bits per heavy atom. The molecule has 3 heterocycles. The van der Waals surface area contributed by atoms with Crippen LogP contribution in [0.5, 0.6) is 0 Å². The molecule has 0 unspecified atom stereocenters. The van der Waals surface area contributed by atoms with E-state index in [1.807, 2.05) is 17.7 Å². The van der Waals surface area contributed by atoms with Crippen LogP contribution >= 0.6 is 12.4 Å². The van der Waals surface area contributed by atoms with Crippen LogP contribution in [0, 0.1) is 20.8 Å². The Bertz CT molecular complexity index is 970. The third-order valence-corrected chi connectivity index (χ3v) is 4.60. The molecule has 1 amide bonds. The van der Waals surface area contributed by atoms with Crippen LogP contribution in [0.2, 0.25) is 0 Å². The molecule has 0 aliphatic carbocycles. The minimum atomic E-state index is -0.240. The van der Waals surface area contributed by atoms with Gasteiger partial charge in [0.2, 0.25) is 0 Å². The molecule has 0 saturated heterocycles. The standard InChI is InChI=1S/C19H22N6O.ClH/c1-11-6-12(2)8-14(7-11)25-13(3)9-17(24-25)21-19(26)18-15-10-20-5-4-16(15)22-23-18;/h6-9,20H,4-5,10H2,1-3H3,(H,22,23)(H,21,24,26);1H. The summed E-state index contributed by atoms with van der Waals surface area (Å²) in [6.07, 6.45) is 0.857. The Morgan fingerprint density at radius 3 is 2.63 bits per heavy atom. The quantitative estimate of drug-likeness (QED) is 0.645. The predicted molar refractivity (Wildman–Crippen MR) is 107 cm³/mol. The molecule has 1 aromatic carbocycles. The zero-order chi connectivity index (χ0) is 18.3. The van der Waals surface area contributed by atoms with Crippen molar-refractivity contribution in [3.05, 3.63) is 58.0 Å². The lowest BCUT2D eigenvalue weighted by atomic mass is 10.1. The number of nitrogens with one attached hydrogen (secondary N) is 3. The molecular weight excluding hydrogens is 364 g/mol. The van der Waals surface area contributed by atoms with E-state index in [0.29, 0.717) is 18.1 Å². The van der Waals surface area contributed by atoms with Crippen molar-refractivity contribution in [2.45, 2.75) is 33.7 Å². The molecule has 3 N–H and O–H groups in total. The number of anilines is 1. The number of halogens is 1. The average molecular weight is 387 g/mol. The molecule has 1 aliphatic heterocycles. The summed E-state index contributed by atoms with van der Waals surface area (Å²) in [5, 5.41) is 17.9. The molecule has 0 saturated carbocycles. The Balaban J connectivity index is 0.00000210. The van der Waals surface area contributed by atoms with Gasteiger partial charge in [-0.25, -0.2) is 4.68 Å². The second-order valence-electron chi connectivity index (χ2n) is 6.84. The van der Waals surface area contributed by atoms with E-state index < -0.39 is 0 Å². The smallest absolute Gasteiger partial charge is 0.277 e. The summed E-state index contributed by atoms with van der Waals surface area (Å²) in [7, 11) is 0. The summed E-state index contributed by atoms with van der Waals surface area (Å²) >= 11 is 0. The summed E-state index contributed by atoms with van der Waals surface area (Å²) in [6.45, 7) is 7.65. The van der Waals surface area contributed by atoms with Gasteiger partial charge in [0.25, 0.3) is 5.91 Å². The van der Waals surface area contributed by atoms with Gasteiger partial charge in [-0.1, -0.05) is 6.07 Å². The Morgan fingerprint density at radius 2 is 1.89 bits per heavy atom. The van der Waals surface area contributed by atoms with Gasteiger partial charge < -0.3 is 10.6 Å². The Kier molecular flexibility index (Phi) is 5.34. The number of nitrogens with zero attached hydrogens (tertiary/aromatic N) is 3. The van der Waals surface area contributed by atoms with E-state index in [9.17, 15) is 4.79 Å². The van der Waals surface area contributed by atoms with Gasteiger partial charge in [0.15, 0.2) is 11.5 Å². The van der Waals surface area contributed by atoms with Crippen molar-refractivity contribution in [3.63, 3.8) is 0 Å². The van der Waals surface area contributed by atoms with Gasteiger partial charge in [-0.2, -0.15) is 5.10 Å². The van der Waals surface area contributed by atoms with Crippen molar-refractivity contribution in [2.24, 2.45) is 0 Å². The van der Waals surface area contributed by atoms with Gasteiger partial charge in [0.1, 0.15) is 0 Å². The molecular formula is C19H23ClN6O. The number of hydrogen-bond donors (Lipinski definition) is 3. The van der Waals surface area contributed by atoms with E-state index in [1.165, 1.54) is 11.1 Å². The lowest BCUT2D eigenvalue weighted by molar-refractivity contribution is 0.102. The third-order valence-electron chi connectivity index (χ3n) is 4.60. The van der Waals surface area contributed by atoms with E-state index >= 15 is 0 Å². The lowest BCUT2D eigenvalue weighted by Crippen LogP contribution is -2.25. The second kappa shape index (κ2) is 7.54. The molecule has 142 valence electrons. The van der Waals surface area contributed by atoms with Crippen LogP contribution in [0.25, 0.3) is 5.69 Å². The number of H-pyrrole nitrogens is 1. The molecule has 7 nitrogen and oxygen atoms in total. The topological polar surface area (TPSA) is 87.6 Å². The molecule has 4 rings (SSSR count). The third kappa shape index (κ3) is 3.74. The summed E-state index contributed by atoms with van der Waals surface area (Å²) in [6, 6.07) is 8.15. The van der Waals surface area contributed by atoms with Crippen molar-refractivity contribution in [1.29, 1.82) is 0 Å². The minimum Gasteiger partial charge on any atom is -0.312 e. The number of carbonyl (C=O) groups excluding carboxylic acids is 1. The van der Waals surface area contributed by atoms with Gasteiger partial charge in [0.05, 0.1) is 5.69 Å². The van der Waals surface area contributed by atoms with Crippen LogP contribution in [0.1, 0.15) is 38.6 Å². The number of benzene rings is 1. The van der Waals surface area contributed by atoms with E-state index in [4.69, 9.17) is 0 Å². The Labute approximate surface area is 164 Å². The van der Waals surface area contributed by atoms with Gasteiger partial charge in [-0.15, -0.1) is 17.5 Å². The first-order valence-electron chi connectivity index (χ1n) is 8.75. The van der Waals surface area contributed by atoms with E-state index in [0.717, 1.165) is 35.6 Å². The molecule has 0 radical (unpaired) electrons. The zero-order valence-electron chi connectivity index (χ0n) is 15.6. The van der Waals surface area contributed by atoms with Gasteiger partial charge in [0, 0.05) is 42.5 Å². The fourth-order valence-electron chi connectivity index (χ4n) is 3.46. The number of aryl methyl sites for hydroxylation is 3. The normalized spacial score (nSPS) is 13.0. The monoisotopic (exact) mass is 386 g/mol. The fourth-order valence-corrected chi connectivity index (χ4v) is 3.46. The number of aromatic amines is 1. The number of rotatable bonds is 3. The summed E-state index contributed by atoms with van der Waals surface area (Å²) < 4.78 is 1.84. The molecule has 0 spiro atoms. The minimum absolute atomic E-state index is 0. The molecule has 0 fully saturated rings. The van der Waals surface area contributed by atoms with Crippen molar-refractivity contribution in [2.75, 3.05) is 11.9 Å². The molecule has 2 aromatic heterocycles. The first kappa shape index (κ1) is 19.1. The number of amides is 1. The fraction of sp³-hybridized carbons (Fsp3) is 0.316. The molecule has 27 heavy (non-hydrogen) atoms. The van der Waals surface area contributed by atoms with Crippen molar-refractivity contribution in [1.82, 2.24) is 25.3 Å². The van der Waals surface area contributed by atoms with E-state index in [-0.39, 0.29) is 18.3 Å². The SMILES string of the molecule is Cc1cc(C)cc(-n2nc(NC(=O)c3n[nH]c4c3CNCC4)cc2C)c1.Cl. The largest absolute Gasteiger partial charge is 0.312 e. The number of fused-ring (bicyclic) bond motifs is 1. The Hall–Kier alpha value is -2.64. The first-order valence-corrected chi connectivity index (χ1v) is 8.75. The second-order valence-corrected chi connectivity index (χ2v) is 6.84.